The number of piperidine rings is 1. The number of likely N-dealkylation sites (tertiary alicyclic amines) is 1. The van der Waals surface area contributed by atoms with Crippen molar-refractivity contribution in [3.63, 3.8) is 0 Å². The van der Waals surface area contributed by atoms with Gasteiger partial charge in [0.05, 0.1) is 11.1 Å². The molecular weight excluding hydrogens is 347 g/mol. The Morgan fingerprint density at radius 2 is 1.81 bits per heavy atom. The molecule has 5 nitrogen and oxygen atoms in total. The lowest BCUT2D eigenvalue weighted by molar-refractivity contribution is 0.0692. The number of hydrogen-bond acceptors (Lipinski definition) is 3. The van der Waals surface area contributed by atoms with E-state index in [1.165, 1.54) is 11.1 Å². The quantitative estimate of drug-likeness (QED) is 0.853. The van der Waals surface area contributed by atoms with E-state index in [0.717, 1.165) is 12.1 Å². The maximum atomic E-state index is 13.8. The first-order valence-electron chi connectivity index (χ1n) is 8.11. The second-order valence-electron chi connectivity index (χ2n) is 6.00. The average Bonchev–Trinajstić information content (AvgIpc) is 2.67. The minimum Gasteiger partial charge on any atom is -0.349 e. The van der Waals surface area contributed by atoms with Gasteiger partial charge in [-0.3, -0.25) is 14.6 Å². The van der Waals surface area contributed by atoms with E-state index in [0.29, 0.717) is 18.4 Å². The highest BCUT2D eigenvalue weighted by molar-refractivity contribution is 5.95. The molecule has 1 aliphatic heterocycles. The van der Waals surface area contributed by atoms with Crippen LogP contribution in [0.25, 0.3) is 0 Å². The lowest BCUT2D eigenvalue weighted by Gasteiger charge is -2.32. The summed E-state index contributed by atoms with van der Waals surface area (Å²) >= 11 is 0. The van der Waals surface area contributed by atoms with Crippen molar-refractivity contribution in [3.8, 4) is 0 Å². The van der Waals surface area contributed by atoms with Crippen LogP contribution in [0.5, 0.6) is 0 Å². The summed E-state index contributed by atoms with van der Waals surface area (Å²) < 4.78 is 40.1. The molecule has 2 aromatic rings. The molecule has 3 rings (SSSR count). The Labute approximate surface area is 147 Å². The number of pyridine rings is 1. The van der Waals surface area contributed by atoms with Gasteiger partial charge in [0.2, 0.25) is 0 Å². The van der Waals surface area contributed by atoms with Crippen molar-refractivity contribution in [3.05, 3.63) is 65.2 Å². The van der Waals surface area contributed by atoms with E-state index in [4.69, 9.17) is 0 Å². The Hall–Kier alpha value is -2.90. The van der Waals surface area contributed by atoms with Crippen molar-refractivity contribution in [2.45, 2.75) is 18.9 Å². The molecule has 0 saturated carbocycles. The third-order valence-corrected chi connectivity index (χ3v) is 4.31. The van der Waals surface area contributed by atoms with Crippen LogP contribution in [0.2, 0.25) is 0 Å². The van der Waals surface area contributed by atoms with Gasteiger partial charge in [-0.05, 0) is 37.1 Å². The molecule has 1 aliphatic rings. The lowest BCUT2D eigenvalue weighted by atomic mass is 10.0. The Morgan fingerprint density at radius 1 is 1.08 bits per heavy atom. The predicted molar refractivity (Wildman–Crippen MR) is 86.9 cm³/mol. The molecule has 2 heterocycles. The van der Waals surface area contributed by atoms with Crippen LogP contribution in [-0.2, 0) is 0 Å². The van der Waals surface area contributed by atoms with E-state index in [1.54, 1.807) is 18.3 Å². The molecule has 0 unspecified atom stereocenters. The van der Waals surface area contributed by atoms with Crippen LogP contribution in [0.4, 0.5) is 13.2 Å². The van der Waals surface area contributed by atoms with Gasteiger partial charge < -0.3 is 10.2 Å². The maximum Gasteiger partial charge on any atom is 0.256 e. The van der Waals surface area contributed by atoms with Gasteiger partial charge in [-0.15, -0.1) is 0 Å². The minimum atomic E-state index is -1.66. The molecule has 1 saturated heterocycles. The van der Waals surface area contributed by atoms with E-state index in [9.17, 15) is 22.8 Å². The smallest absolute Gasteiger partial charge is 0.256 e. The highest BCUT2D eigenvalue weighted by Crippen LogP contribution is 2.19. The van der Waals surface area contributed by atoms with Crippen LogP contribution >= 0.6 is 0 Å². The molecule has 0 spiro atoms. The van der Waals surface area contributed by atoms with E-state index >= 15 is 0 Å². The molecule has 1 fully saturated rings. The van der Waals surface area contributed by atoms with Crippen molar-refractivity contribution in [1.82, 2.24) is 15.2 Å². The third-order valence-electron chi connectivity index (χ3n) is 4.31. The first-order valence-corrected chi connectivity index (χ1v) is 8.11. The van der Waals surface area contributed by atoms with Gasteiger partial charge in [0, 0.05) is 31.5 Å². The topological polar surface area (TPSA) is 62.3 Å². The summed E-state index contributed by atoms with van der Waals surface area (Å²) in [5, 5.41) is 2.86. The Balaban J connectivity index is 1.59. The Kier molecular flexibility index (Phi) is 5.20. The number of aromatic nitrogens is 1. The first kappa shape index (κ1) is 17.9. The van der Waals surface area contributed by atoms with Crippen LogP contribution in [0.15, 0.2) is 36.7 Å². The van der Waals surface area contributed by atoms with E-state index < -0.39 is 28.9 Å². The van der Waals surface area contributed by atoms with Crippen LogP contribution in [0.1, 0.15) is 33.6 Å². The predicted octanol–water partition coefficient (Wildman–Crippen LogP) is 2.53. The van der Waals surface area contributed by atoms with Crippen molar-refractivity contribution < 1.29 is 22.8 Å². The van der Waals surface area contributed by atoms with Crippen LogP contribution in [-0.4, -0.2) is 40.8 Å². The summed E-state index contributed by atoms with van der Waals surface area (Å²) in [5.41, 5.74) is -0.0587. The maximum absolute atomic E-state index is 13.8. The molecule has 0 aliphatic carbocycles. The number of amides is 2. The first-order chi connectivity index (χ1) is 12.5. The highest BCUT2D eigenvalue weighted by Gasteiger charge is 2.28. The second kappa shape index (κ2) is 7.55. The number of carbonyl (C=O) groups excluding carboxylic acids is 2. The minimum absolute atomic E-state index is 0.137. The van der Waals surface area contributed by atoms with Crippen molar-refractivity contribution >= 4 is 11.8 Å². The number of nitrogens with zero attached hydrogens (tertiary/aromatic N) is 2. The summed E-state index contributed by atoms with van der Waals surface area (Å²) in [7, 11) is 0. The molecule has 0 atom stereocenters. The van der Waals surface area contributed by atoms with Gasteiger partial charge in [0.15, 0.2) is 17.5 Å². The van der Waals surface area contributed by atoms with Crippen LogP contribution in [0, 0.1) is 17.5 Å². The van der Waals surface area contributed by atoms with Crippen LogP contribution in [0.3, 0.4) is 0 Å². The van der Waals surface area contributed by atoms with Gasteiger partial charge in [0.25, 0.3) is 11.8 Å². The number of halogens is 3. The van der Waals surface area contributed by atoms with Gasteiger partial charge in [-0.25, -0.2) is 13.2 Å². The summed E-state index contributed by atoms with van der Waals surface area (Å²) in [6, 6.07) is 4.83. The Morgan fingerprint density at radius 3 is 2.46 bits per heavy atom. The van der Waals surface area contributed by atoms with Gasteiger partial charge in [-0.2, -0.15) is 0 Å². The number of hydrogen-bond donors (Lipinski definition) is 1. The number of nitrogens with one attached hydrogen (secondary N) is 1. The van der Waals surface area contributed by atoms with Gasteiger partial charge >= 0.3 is 0 Å². The molecule has 136 valence electrons. The summed E-state index contributed by atoms with van der Waals surface area (Å²) in [6.45, 7) is 0.546. The monoisotopic (exact) mass is 363 g/mol. The fourth-order valence-corrected chi connectivity index (χ4v) is 2.85. The average molecular weight is 363 g/mol. The van der Waals surface area contributed by atoms with Crippen molar-refractivity contribution in [2.75, 3.05) is 13.1 Å². The Bertz CT molecular complexity index is 822. The van der Waals surface area contributed by atoms with Gasteiger partial charge in [0.1, 0.15) is 0 Å². The molecule has 2 amide bonds. The second-order valence-corrected chi connectivity index (χ2v) is 6.00. The molecular formula is C18H16F3N3O2. The summed E-state index contributed by atoms with van der Waals surface area (Å²) in [6.07, 6.45) is 3.98. The summed E-state index contributed by atoms with van der Waals surface area (Å²) in [5.74, 6) is -5.43. The van der Waals surface area contributed by atoms with E-state index in [-0.39, 0.29) is 25.0 Å². The van der Waals surface area contributed by atoms with Gasteiger partial charge in [-0.1, -0.05) is 0 Å². The van der Waals surface area contributed by atoms with E-state index in [2.05, 4.69) is 10.3 Å². The number of carbonyl (C=O) groups is 2. The largest absolute Gasteiger partial charge is 0.349 e. The SMILES string of the molecule is O=C(NC1CCN(C(=O)c2ccc(F)c(F)c2F)CC1)c1cccnc1. The van der Waals surface area contributed by atoms with Crippen molar-refractivity contribution in [1.29, 1.82) is 0 Å². The lowest BCUT2D eigenvalue weighted by Crippen LogP contribution is -2.46. The zero-order valence-corrected chi connectivity index (χ0v) is 13.7. The molecule has 1 aromatic carbocycles. The number of benzene rings is 1. The fourth-order valence-electron chi connectivity index (χ4n) is 2.85. The molecule has 0 bridgehead atoms. The zero-order chi connectivity index (χ0) is 18.7. The third kappa shape index (κ3) is 3.68. The highest BCUT2D eigenvalue weighted by atomic mass is 19.2. The molecule has 8 heteroatoms. The zero-order valence-electron chi connectivity index (χ0n) is 13.7. The van der Waals surface area contributed by atoms with Crippen molar-refractivity contribution in [2.24, 2.45) is 0 Å². The molecule has 1 N–H and O–H groups in total. The fraction of sp³-hybridized carbons (Fsp3) is 0.278. The standard InChI is InChI=1S/C18H16F3N3O2/c19-14-4-3-13(15(20)16(14)21)18(26)24-8-5-12(6-9-24)23-17(25)11-2-1-7-22-10-11/h1-4,7,10,12H,5-6,8-9H2,(H,23,25). The van der Waals surface area contributed by atoms with E-state index in [1.807, 2.05) is 0 Å². The molecule has 26 heavy (non-hydrogen) atoms. The molecule has 0 radical (unpaired) electrons. The molecule has 1 aromatic heterocycles. The summed E-state index contributed by atoms with van der Waals surface area (Å²) in [4.78, 5) is 29.7. The number of rotatable bonds is 3. The van der Waals surface area contributed by atoms with Crippen LogP contribution < -0.4 is 5.32 Å². The normalized spacial score (nSPS) is 15.0.